The van der Waals surface area contributed by atoms with E-state index in [1.165, 1.54) is 0 Å². The van der Waals surface area contributed by atoms with Crippen molar-refractivity contribution >= 4 is 29.1 Å². The van der Waals surface area contributed by atoms with Crippen molar-refractivity contribution in [3.8, 4) is 0 Å². The zero-order chi connectivity index (χ0) is 11.3. The quantitative estimate of drug-likeness (QED) is 0.813. The maximum absolute atomic E-state index is 11.4. The van der Waals surface area contributed by atoms with Gasteiger partial charge in [0, 0.05) is 23.4 Å². The van der Waals surface area contributed by atoms with E-state index in [0.717, 1.165) is 5.56 Å². The van der Waals surface area contributed by atoms with Gasteiger partial charge in [-0.05, 0) is 17.7 Å². The smallest absolute Gasteiger partial charge is 0.224 e. The number of hydrogen-bond acceptors (Lipinski definition) is 1. The first-order valence-corrected chi connectivity index (χ1v) is 5.63. The summed E-state index contributed by atoms with van der Waals surface area (Å²) in [7, 11) is 0. The predicted molar refractivity (Wildman–Crippen MR) is 63.2 cm³/mol. The summed E-state index contributed by atoms with van der Waals surface area (Å²) in [5.41, 5.74) is 0.984. The van der Waals surface area contributed by atoms with Crippen LogP contribution in [0.4, 0.5) is 0 Å². The van der Waals surface area contributed by atoms with Crippen molar-refractivity contribution < 1.29 is 4.79 Å². The SMILES string of the molecule is CC(CCl)C(=O)NCc1cccc(Cl)c1. The van der Waals surface area contributed by atoms with Crippen LogP contribution in [-0.4, -0.2) is 11.8 Å². The van der Waals surface area contributed by atoms with E-state index in [0.29, 0.717) is 17.4 Å². The fraction of sp³-hybridized carbons (Fsp3) is 0.364. The highest BCUT2D eigenvalue weighted by molar-refractivity contribution is 6.30. The zero-order valence-electron chi connectivity index (χ0n) is 8.47. The molecule has 0 aliphatic carbocycles. The molecule has 15 heavy (non-hydrogen) atoms. The number of amides is 1. The van der Waals surface area contributed by atoms with Crippen molar-refractivity contribution in [1.82, 2.24) is 5.32 Å². The Labute approximate surface area is 99.6 Å². The standard InChI is InChI=1S/C11H13Cl2NO/c1-8(6-12)11(15)14-7-9-3-2-4-10(13)5-9/h2-5,8H,6-7H2,1H3,(H,14,15). The molecule has 1 rings (SSSR count). The summed E-state index contributed by atoms with van der Waals surface area (Å²) in [5, 5.41) is 3.47. The molecule has 0 aliphatic heterocycles. The Morgan fingerprint density at radius 3 is 2.87 bits per heavy atom. The van der Waals surface area contributed by atoms with Crippen molar-refractivity contribution in [2.45, 2.75) is 13.5 Å². The Balaban J connectivity index is 2.47. The first kappa shape index (κ1) is 12.3. The summed E-state index contributed by atoms with van der Waals surface area (Å²) in [6.07, 6.45) is 0. The Hall–Kier alpha value is -0.730. The number of nitrogens with one attached hydrogen (secondary N) is 1. The average Bonchev–Trinajstić information content (AvgIpc) is 2.25. The third-order valence-corrected chi connectivity index (χ3v) is 2.73. The minimum Gasteiger partial charge on any atom is -0.352 e. The fourth-order valence-electron chi connectivity index (χ4n) is 1.08. The number of halogens is 2. The summed E-state index contributed by atoms with van der Waals surface area (Å²) in [6, 6.07) is 7.40. The molecule has 0 aromatic heterocycles. The van der Waals surface area contributed by atoms with Crippen molar-refractivity contribution in [3.63, 3.8) is 0 Å². The fourth-order valence-corrected chi connectivity index (χ4v) is 1.43. The first-order valence-electron chi connectivity index (χ1n) is 4.71. The molecule has 0 radical (unpaired) electrons. The van der Waals surface area contributed by atoms with Crippen molar-refractivity contribution in [1.29, 1.82) is 0 Å². The van der Waals surface area contributed by atoms with Crippen molar-refractivity contribution in [3.05, 3.63) is 34.9 Å². The molecule has 0 fully saturated rings. The van der Waals surface area contributed by atoms with Crippen LogP contribution in [0, 0.1) is 5.92 Å². The average molecular weight is 246 g/mol. The number of benzene rings is 1. The number of rotatable bonds is 4. The van der Waals surface area contributed by atoms with Crippen LogP contribution in [0.15, 0.2) is 24.3 Å². The second kappa shape index (κ2) is 5.99. The monoisotopic (exact) mass is 245 g/mol. The summed E-state index contributed by atoms with van der Waals surface area (Å²) in [5.74, 6) is 0.136. The van der Waals surface area contributed by atoms with Crippen LogP contribution in [-0.2, 0) is 11.3 Å². The minimum absolute atomic E-state index is 0.0371. The molecule has 4 heteroatoms. The molecule has 0 saturated heterocycles. The molecule has 0 aliphatic rings. The summed E-state index contributed by atoms with van der Waals surface area (Å²) in [4.78, 5) is 11.4. The van der Waals surface area contributed by atoms with Gasteiger partial charge in [0.1, 0.15) is 0 Å². The second-order valence-electron chi connectivity index (χ2n) is 3.40. The van der Waals surface area contributed by atoms with Crippen molar-refractivity contribution in [2.24, 2.45) is 5.92 Å². The van der Waals surface area contributed by atoms with Gasteiger partial charge in [0.25, 0.3) is 0 Å². The lowest BCUT2D eigenvalue weighted by Gasteiger charge is -2.09. The predicted octanol–water partition coefficient (Wildman–Crippen LogP) is 2.83. The molecule has 0 saturated carbocycles. The van der Waals surface area contributed by atoms with Crippen LogP contribution in [0.5, 0.6) is 0 Å². The van der Waals surface area contributed by atoms with Gasteiger partial charge < -0.3 is 5.32 Å². The highest BCUT2D eigenvalue weighted by Crippen LogP contribution is 2.10. The summed E-state index contributed by atoms with van der Waals surface area (Å²) >= 11 is 11.4. The van der Waals surface area contributed by atoms with E-state index < -0.39 is 0 Å². The van der Waals surface area contributed by atoms with Gasteiger partial charge in [0.05, 0.1) is 0 Å². The Morgan fingerprint density at radius 1 is 1.53 bits per heavy atom. The van der Waals surface area contributed by atoms with E-state index in [1.807, 2.05) is 18.2 Å². The lowest BCUT2D eigenvalue weighted by atomic mass is 10.2. The van der Waals surface area contributed by atoms with E-state index >= 15 is 0 Å². The van der Waals surface area contributed by atoms with Gasteiger partial charge in [-0.25, -0.2) is 0 Å². The highest BCUT2D eigenvalue weighted by atomic mass is 35.5. The van der Waals surface area contributed by atoms with Gasteiger partial charge in [-0.2, -0.15) is 0 Å². The summed E-state index contributed by atoms with van der Waals surface area (Å²) in [6.45, 7) is 2.28. The van der Waals surface area contributed by atoms with Crippen LogP contribution in [0.2, 0.25) is 5.02 Å². The Morgan fingerprint density at radius 2 is 2.27 bits per heavy atom. The first-order chi connectivity index (χ1) is 7.13. The van der Waals surface area contributed by atoms with Gasteiger partial charge in [0.2, 0.25) is 5.91 Å². The number of alkyl halides is 1. The second-order valence-corrected chi connectivity index (χ2v) is 4.15. The normalized spacial score (nSPS) is 12.2. The molecule has 0 heterocycles. The van der Waals surface area contributed by atoms with E-state index in [9.17, 15) is 4.79 Å². The zero-order valence-corrected chi connectivity index (χ0v) is 9.98. The van der Waals surface area contributed by atoms with Crippen LogP contribution < -0.4 is 5.32 Å². The van der Waals surface area contributed by atoms with Crippen LogP contribution in [0.25, 0.3) is 0 Å². The molecule has 1 atom stereocenters. The molecule has 82 valence electrons. The minimum atomic E-state index is -0.161. The third kappa shape index (κ3) is 4.10. The van der Waals surface area contributed by atoms with E-state index in [-0.39, 0.29) is 11.8 Å². The van der Waals surface area contributed by atoms with Crippen LogP contribution in [0.1, 0.15) is 12.5 Å². The highest BCUT2D eigenvalue weighted by Gasteiger charge is 2.10. The molecule has 0 spiro atoms. The molecule has 1 unspecified atom stereocenters. The molecule has 1 aromatic carbocycles. The molecular formula is C11H13Cl2NO. The topological polar surface area (TPSA) is 29.1 Å². The Kier molecular flexibility index (Phi) is 4.92. The van der Waals surface area contributed by atoms with E-state index in [1.54, 1.807) is 13.0 Å². The van der Waals surface area contributed by atoms with Gasteiger partial charge in [-0.15, -0.1) is 11.6 Å². The van der Waals surface area contributed by atoms with Gasteiger partial charge in [-0.3, -0.25) is 4.79 Å². The summed E-state index contributed by atoms with van der Waals surface area (Å²) < 4.78 is 0. The molecule has 2 nitrogen and oxygen atoms in total. The Bertz CT molecular complexity index is 341. The van der Waals surface area contributed by atoms with Crippen molar-refractivity contribution in [2.75, 3.05) is 5.88 Å². The maximum Gasteiger partial charge on any atom is 0.224 e. The van der Waals surface area contributed by atoms with E-state index in [2.05, 4.69) is 5.32 Å². The molecule has 1 N–H and O–H groups in total. The van der Waals surface area contributed by atoms with Gasteiger partial charge in [-0.1, -0.05) is 30.7 Å². The molecule has 1 amide bonds. The number of hydrogen-bond donors (Lipinski definition) is 1. The van der Waals surface area contributed by atoms with Crippen LogP contribution >= 0.6 is 23.2 Å². The van der Waals surface area contributed by atoms with Crippen LogP contribution in [0.3, 0.4) is 0 Å². The number of carbonyl (C=O) groups is 1. The van der Waals surface area contributed by atoms with Gasteiger partial charge >= 0.3 is 0 Å². The lowest BCUT2D eigenvalue weighted by Crippen LogP contribution is -2.29. The lowest BCUT2D eigenvalue weighted by molar-refractivity contribution is -0.124. The molecular weight excluding hydrogens is 233 g/mol. The largest absolute Gasteiger partial charge is 0.352 e. The maximum atomic E-state index is 11.4. The van der Waals surface area contributed by atoms with Gasteiger partial charge in [0.15, 0.2) is 0 Å². The third-order valence-electron chi connectivity index (χ3n) is 2.03. The molecule has 0 bridgehead atoms. The molecule has 1 aromatic rings. The van der Waals surface area contributed by atoms with E-state index in [4.69, 9.17) is 23.2 Å². The number of carbonyl (C=O) groups excluding carboxylic acids is 1.